The van der Waals surface area contributed by atoms with Gasteiger partial charge in [-0.05, 0) is 29.7 Å². The average molecular weight is 159 g/mol. The maximum Gasteiger partial charge on any atom is 0.0397 e. The van der Waals surface area contributed by atoms with Gasteiger partial charge in [-0.15, -0.1) is 0 Å². The fourth-order valence-corrected chi connectivity index (χ4v) is 1.71. The van der Waals surface area contributed by atoms with E-state index in [-0.39, 0.29) is 0 Å². The summed E-state index contributed by atoms with van der Waals surface area (Å²) in [6.45, 7) is 4.91. The number of nitrogens with zero attached hydrogens (tertiary/aromatic N) is 1. The van der Waals surface area contributed by atoms with Gasteiger partial charge in [-0.25, -0.2) is 0 Å². The summed E-state index contributed by atoms with van der Waals surface area (Å²) in [5, 5.41) is 0. The Bertz CT molecular complexity index is 315. The Morgan fingerprint density at radius 1 is 1.50 bits per heavy atom. The molecular formula is C11H13N. The molecule has 0 bridgehead atoms. The van der Waals surface area contributed by atoms with Crippen LogP contribution in [0.2, 0.25) is 0 Å². The molecule has 1 heterocycles. The zero-order valence-corrected chi connectivity index (χ0v) is 7.38. The smallest absolute Gasteiger partial charge is 0.0397 e. The van der Waals surface area contributed by atoms with E-state index < -0.39 is 0 Å². The monoisotopic (exact) mass is 159 g/mol. The fraction of sp³-hybridized carbons (Fsp3) is 0.273. The molecule has 0 unspecified atom stereocenters. The molecule has 1 aromatic carbocycles. The van der Waals surface area contributed by atoms with E-state index in [1.54, 1.807) is 0 Å². The molecule has 0 saturated carbocycles. The molecule has 1 aromatic rings. The molecule has 0 spiro atoms. The largest absolute Gasteiger partial charge is 0.374 e. The van der Waals surface area contributed by atoms with Crippen LogP contribution in [0.1, 0.15) is 11.1 Å². The van der Waals surface area contributed by atoms with Crippen LogP contribution < -0.4 is 4.90 Å². The topological polar surface area (TPSA) is 3.24 Å². The minimum absolute atomic E-state index is 1.15. The molecule has 1 nitrogen and oxygen atoms in total. The van der Waals surface area contributed by atoms with Crippen molar-refractivity contribution in [2.24, 2.45) is 0 Å². The van der Waals surface area contributed by atoms with Gasteiger partial charge in [0.25, 0.3) is 0 Å². The molecular weight excluding hydrogens is 146 g/mol. The number of fused-ring (bicyclic) bond motifs is 1. The van der Waals surface area contributed by atoms with Crippen LogP contribution in [0.25, 0.3) is 6.08 Å². The van der Waals surface area contributed by atoms with Crippen LogP contribution in [0, 0.1) is 0 Å². The molecule has 1 heteroatoms. The summed E-state index contributed by atoms with van der Waals surface area (Å²) in [5.41, 5.74) is 4.06. The van der Waals surface area contributed by atoms with E-state index in [1.165, 1.54) is 23.2 Å². The summed E-state index contributed by atoms with van der Waals surface area (Å²) in [5.74, 6) is 0. The normalized spacial score (nSPS) is 14.6. The Kier molecular flexibility index (Phi) is 1.65. The quantitative estimate of drug-likeness (QED) is 0.608. The number of hydrogen-bond acceptors (Lipinski definition) is 1. The molecule has 0 amide bonds. The lowest BCUT2D eigenvalue weighted by molar-refractivity contribution is 0.956. The molecule has 1 aliphatic heterocycles. The predicted octanol–water partition coefficient (Wildman–Crippen LogP) is 2.32. The van der Waals surface area contributed by atoms with Gasteiger partial charge in [-0.3, -0.25) is 0 Å². The van der Waals surface area contributed by atoms with Gasteiger partial charge in [0.15, 0.2) is 0 Å². The summed E-state index contributed by atoms with van der Waals surface area (Å²) in [6.07, 6.45) is 3.08. The number of hydrogen-bond donors (Lipinski definition) is 0. The minimum Gasteiger partial charge on any atom is -0.374 e. The SMILES string of the molecule is C=Cc1ccc2c(c1)CCN2C. The Morgan fingerprint density at radius 2 is 2.33 bits per heavy atom. The molecule has 12 heavy (non-hydrogen) atoms. The van der Waals surface area contributed by atoms with Gasteiger partial charge in [0, 0.05) is 19.3 Å². The number of rotatable bonds is 1. The van der Waals surface area contributed by atoms with E-state index in [9.17, 15) is 0 Å². The highest BCUT2D eigenvalue weighted by molar-refractivity contribution is 5.62. The van der Waals surface area contributed by atoms with Gasteiger partial charge in [-0.2, -0.15) is 0 Å². The van der Waals surface area contributed by atoms with Gasteiger partial charge in [0.1, 0.15) is 0 Å². The molecule has 0 aromatic heterocycles. The summed E-state index contributed by atoms with van der Waals surface area (Å²) in [4.78, 5) is 2.29. The van der Waals surface area contributed by atoms with Gasteiger partial charge in [-0.1, -0.05) is 18.7 Å². The Morgan fingerprint density at radius 3 is 3.08 bits per heavy atom. The van der Waals surface area contributed by atoms with Crippen molar-refractivity contribution in [2.75, 3.05) is 18.5 Å². The van der Waals surface area contributed by atoms with Crippen molar-refractivity contribution in [3.8, 4) is 0 Å². The van der Waals surface area contributed by atoms with Crippen molar-refractivity contribution in [1.82, 2.24) is 0 Å². The fourth-order valence-electron chi connectivity index (χ4n) is 1.71. The number of likely N-dealkylation sites (N-methyl/N-ethyl adjacent to an activating group) is 1. The van der Waals surface area contributed by atoms with E-state index in [4.69, 9.17) is 0 Å². The first kappa shape index (κ1) is 7.41. The lowest BCUT2D eigenvalue weighted by Gasteiger charge is -2.11. The Labute approximate surface area is 73.3 Å². The second-order valence-electron chi connectivity index (χ2n) is 3.26. The standard InChI is InChI=1S/C11H13N/c1-3-9-4-5-11-10(8-9)6-7-12(11)2/h3-5,8H,1,6-7H2,2H3. The lowest BCUT2D eigenvalue weighted by Crippen LogP contribution is -2.12. The van der Waals surface area contributed by atoms with E-state index in [1.807, 2.05) is 6.08 Å². The third-order valence-electron chi connectivity index (χ3n) is 2.47. The van der Waals surface area contributed by atoms with E-state index >= 15 is 0 Å². The zero-order valence-electron chi connectivity index (χ0n) is 7.38. The number of anilines is 1. The molecule has 62 valence electrons. The van der Waals surface area contributed by atoms with Crippen LogP contribution in [0.3, 0.4) is 0 Å². The third-order valence-corrected chi connectivity index (χ3v) is 2.47. The second-order valence-corrected chi connectivity index (χ2v) is 3.26. The zero-order chi connectivity index (χ0) is 8.55. The highest BCUT2D eigenvalue weighted by Gasteiger charge is 2.14. The van der Waals surface area contributed by atoms with Crippen molar-refractivity contribution in [2.45, 2.75) is 6.42 Å². The van der Waals surface area contributed by atoms with Crippen LogP contribution in [0.15, 0.2) is 24.8 Å². The maximum absolute atomic E-state index is 3.76. The first-order valence-electron chi connectivity index (χ1n) is 4.28. The van der Waals surface area contributed by atoms with Crippen LogP contribution in [0.5, 0.6) is 0 Å². The highest BCUT2D eigenvalue weighted by Crippen LogP contribution is 2.27. The van der Waals surface area contributed by atoms with Crippen LogP contribution in [-0.4, -0.2) is 13.6 Å². The minimum atomic E-state index is 1.15. The average Bonchev–Trinajstić information content (AvgIpc) is 2.47. The van der Waals surface area contributed by atoms with Crippen LogP contribution in [-0.2, 0) is 6.42 Å². The van der Waals surface area contributed by atoms with Gasteiger partial charge < -0.3 is 4.90 Å². The predicted molar refractivity (Wildman–Crippen MR) is 53.5 cm³/mol. The van der Waals surface area contributed by atoms with E-state index in [0.717, 1.165) is 6.54 Å². The molecule has 0 fully saturated rings. The highest BCUT2D eigenvalue weighted by atomic mass is 15.1. The summed E-state index contributed by atoms with van der Waals surface area (Å²) in [6, 6.07) is 6.53. The van der Waals surface area contributed by atoms with Crippen LogP contribution in [0.4, 0.5) is 5.69 Å². The Hall–Kier alpha value is -1.24. The molecule has 2 rings (SSSR count). The van der Waals surface area contributed by atoms with Crippen molar-refractivity contribution in [3.63, 3.8) is 0 Å². The molecule has 1 aliphatic rings. The number of benzene rings is 1. The first-order chi connectivity index (χ1) is 5.81. The first-order valence-corrected chi connectivity index (χ1v) is 4.28. The molecule has 0 radical (unpaired) electrons. The van der Waals surface area contributed by atoms with Crippen molar-refractivity contribution in [1.29, 1.82) is 0 Å². The second kappa shape index (κ2) is 2.67. The summed E-state index contributed by atoms with van der Waals surface area (Å²) >= 11 is 0. The summed E-state index contributed by atoms with van der Waals surface area (Å²) in [7, 11) is 2.14. The lowest BCUT2D eigenvalue weighted by atomic mass is 10.1. The maximum atomic E-state index is 3.76. The van der Waals surface area contributed by atoms with Gasteiger partial charge in [0.2, 0.25) is 0 Å². The molecule has 0 aliphatic carbocycles. The van der Waals surface area contributed by atoms with Gasteiger partial charge in [0.05, 0.1) is 0 Å². The van der Waals surface area contributed by atoms with Crippen molar-refractivity contribution < 1.29 is 0 Å². The van der Waals surface area contributed by atoms with Crippen molar-refractivity contribution >= 4 is 11.8 Å². The Balaban J connectivity index is 2.48. The third kappa shape index (κ3) is 1.02. The van der Waals surface area contributed by atoms with Gasteiger partial charge >= 0.3 is 0 Å². The van der Waals surface area contributed by atoms with Crippen LogP contribution >= 0.6 is 0 Å². The summed E-state index contributed by atoms with van der Waals surface area (Å²) < 4.78 is 0. The molecule has 0 atom stereocenters. The molecule has 0 N–H and O–H groups in total. The molecule has 0 saturated heterocycles. The van der Waals surface area contributed by atoms with E-state index in [2.05, 4.69) is 36.7 Å². The van der Waals surface area contributed by atoms with Crippen molar-refractivity contribution in [3.05, 3.63) is 35.9 Å². The van der Waals surface area contributed by atoms with E-state index in [0.29, 0.717) is 0 Å².